The molecule has 0 aliphatic heterocycles. The fourth-order valence-electron chi connectivity index (χ4n) is 1.74. The average molecular weight is 279 g/mol. The summed E-state index contributed by atoms with van der Waals surface area (Å²) in [6, 6.07) is 1.80. The van der Waals surface area contributed by atoms with Crippen molar-refractivity contribution >= 4 is 11.5 Å². The first-order chi connectivity index (χ1) is 9.11. The van der Waals surface area contributed by atoms with E-state index in [1.54, 1.807) is 18.5 Å². The fourth-order valence-corrected chi connectivity index (χ4v) is 2.50. The van der Waals surface area contributed by atoms with Crippen LogP contribution in [-0.4, -0.2) is 25.8 Å². The van der Waals surface area contributed by atoms with Crippen molar-refractivity contribution < 1.29 is 9.84 Å². The highest BCUT2D eigenvalue weighted by atomic mass is 32.1. The Labute approximate surface area is 116 Å². The number of pyridine rings is 1. The predicted molar refractivity (Wildman–Crippen MR) is 73.3 cm³/mol. The molecule has 0 aliphatic carbocycles. The molecule has 2 aromatic heterocycles. The Kier molecular flexibility index (Phi) is 4.44. The molecule has 0 fully saturated rings. The van der Waals surface area contributed by atoms with Gasteiger partial charge in [-0.3, -0.25) is 4.98 Å². The van der Waals surface area contributed by atoms with E-state index in [0.717, 1.165) is 17.0 Å². The van der Waals surface area contributed by atoms with Crippen molar-refractivity contribution in [1.82, 2.24) is 14.6 Å². The van der Waals surface area contributed by atoms with Crippen LogP contribution in [0.25, 0.3) is 0 Å². The number of hydrogen-bond acceptors (Lipinski definition) is 6. The maximum atomic E-state index is 10.4. The summed E-state index contributed by atoms with van der Waals surface area (Å²) in [5.74, 6) is 0.655. The Morgan fingerprint density at radius 1 is 1.37 bits per heavy atom. The van der Waals surface area contributed by atoms with E-state index in [0.29, 0.717) is 11.3 Å². The van der Waals surface area contributed by atoms with Crippen molar-refractivity contribution in [2.75, 3.05) is 0 Å². The number of ether oxygens (including phenoxy) is 1. The number of aliphatic hydroxyl groups excluding tert-OH is 1. The van der Waals surface area contributed by atoms with Crippen LogP contribution >= 0.6 is 11.5 Å². The van der Waals surface area contributed by atoms with Gasteiger partial charge in [0.1, 0.15) is 11.9 Å². The Hall–Kier alpha value is -1.53. The first kappa shape index (κ1) is 13.9. The van der Waals surface area contributed by atoms with Gasteiger partial charge in [-0.05, 0) is 37.9 Å². The van der Waals surface area contributed by atoms with Crippen molar-refractivity contribution in [3.8, 4) is 5.75 Å². The highest BCUT2D eigenvalue weighted by molar-refractivity contribution is 7.05. The van der Waals surface area contributed by atoms with Gasteiger partial charge < -0.3 is 9.84 Å². The molecule has 0 radical (unpaired) electrons. The first-order valence-corrected chi connectivity index (χ1v) is 7.00. The minimum Gasteiger partial charge on any atom is -0.489 e. The number of hydrogen-bond donors (Lipinski definition) is 1. The van der Waals surface area contributed by atoms with E-state index in [1.165, 1.54) is 11.5 Å². The molecular formula is C13H17N3O2S. The van der Waals surface area contributed by atoms with E-state index >= 15 is 0 Å². The van der Waals surface area contributed by atoms with Crippen LogP contribution in [0.3, 0.4) is 0 Å². The van der Waals surface area contributed by atoms with Gasteiger partial charge >= 0.3 is 0 Å². The topological polar surface area (TPSA) is 68.1 Å². The second-order valence-corrected chi connectivity index (χ2v) is 5.25. The van der Waals surface area contributed by atoms with Crippen LogP contribution in [0.2, 0.25) is 0 Å². The quantitative estimate of drug-likeness (QED) is 0.910. The third-order valence-corrected chi connectivity index (χ3v) is 3.41. The molecule has 6 heteroatoms. The maximum Gasteiger partial charge on any atom is 0.138 e. The van der Waals surface area contributed by atoms with Gasteiger partial charge in [0, 0.05) is 11.8 Å². The second kappa shape index (κ2) is 6.08. The molecular weight excluding hydrogens is 262 g/mol. The number of aryl methyl sites for hydroxylation is 1. The molecule has 1 unspecified atom stereocenters. The minimum atomic E-state index is -0.752. The summed E-state index contributed by atoms with van der Waals surface area (Å²) in [6.07, 6.45) is 3.35. The zero-order chi connectivity index (χ0) is 13.8. The Bertz CT molecular complexity index is 542. The predicted octanol–water partition coefficient (Wildman–Crippen LogP) is 2.36. The summed E-state index contributed by atoms with van der Waals surface area (Å²) in [4.78, 5) is 4.87. The van der Waals surface area contributed by atoms with Gasteiger partial charge in [0.25, 0.3) is 0 Å². The zero-order valence-electron chi connectivity index (χ0n) is 11.2. The van der Waals surface area contributed by atoms with Gasteiger partial charge in [0.15, 0.2) is 0 Å². The molecule has 0 aromatic carbocycles. The van der Waals surface area contributed by atoms with E-state index in [1.807, 2.05) is 20.8 Å². The first-order valence-electron chi connectivity index (χ1n) is 6.22. The van der Waals surface area contributed by atoms with E-state index in [2.05, 4.69) is 14.6 Å². The summed E-state index contributed by atoms with van der Waals surface area (Å²) in [7, 11) is 0. The van der Waals surface area contributed by atoms with Crippen LogP contribution in [0.15, 0.2) is 18.5 Å². The lowest BCUT2D eigenvalue weighted by atomic mass is 10.1. The Balaban J connectivity index is 2.26. The summed E-state index contributed by atoms with van der Waals surface area (Å²) in [5, 5.41) is 14.4. The van der Waals surface area contributed by atoms with Crippen molar-refractivity contribution in [3.63, 3.8) is 0 Å². The second-order valence-electron chi connectivity index (χ2n) is 4.46. The maximum absolute atomic E-state index is 10.4. The van der Waals surface area contributed by atoms with Gasteiger partial charge in [0.2, 0.25) is 0 Å². The third kappa shape index (κ3) is 3.27. The van der Waals surface area contributed by atoms with Gasteiger partial charge in [0.05, 0.1) is 22.9 Å². The Morgan fingerprint density at radius 3 is 2.84 bits per heavy atom. The molecule has 0 amide bonds. The number of aliphatic hydroxyl groups is 1. The lowest BCUT2D eigenvalue weighted by Crippen LogP contribution is -2.07. The molecule has 0 spiro atoms. The molecule has 2 heterocycles. The molecule has 102 valence electrons. The molecule has 0 saturated carbocycles. The molecule has 0 aliphatic rings. The molecule has 2 rings (SSSR count). The molecule has 1 N–H and O–H groups in total. The van der Waals surface area contributed by atoms with Crippen LogP contribution in [0.1, 0.15) is 43.0 Å². The van der Waals surface area contributed by atoms with Gasteiger partial charge in [-0.15, -0.1) is 5.10 Å². The average Bonchev–Trinajstić information content (AvgIpc) is 2.85. The highest BCUT2D eigenvalue weighted by Crippen LogP contribution is 2.28. The van der Waals surface area contributed by atoms with Gasteiger partial charge in [-0.1, -0.05) is 11.4 Å². The van der Waals surface area contributed by atoms with E-state index in [4.69, 9.17) is 4.74 Å². The van der Waals surface area contributed by atoms with Gasteiger partial charge in [-0.25, -0.2) is 0 Å². The van der Waals surface area contributed by atoms with Crippen molar-refractivity contribution in [2.24, 2.45) is 0 Å². The third-order valence-electron chi connectivity index (χ3n) is 2.59. The molecule has 1 atom stereocenters. The monoisotopic (exact) mass is 279 g/mol. The van der Waals surface area contributed by atoms with Crippen molar-refractivity contribution in [1.29, 1.82) is 0 Å². The molecule has 0 bridgehead atoms. The summed E-state index contributed by atoms with van der Waals surface area (Å²) in [5.41, 5.74) is 1.52. The number of rotatable bonds is 5. The SMILES string of the molecule is CCc1nnsc1C(O)c1cncc(OC(C)C)c1. The molecule has 19 heavy (non-hydrogen) atoms. The standard InChI is InChI=1S/C13H17N3O2S/c1-4-11-13(19-16-15-11)12(17)9-5-10(7-14-6-9)18-8(2)3/h5-8,12,17H,4H2,1-3H3. The van der Waals surface area contributed by atoms with Crippen molar-refractivity contribution in [2.45, 2.75) is 39.4 Å². The fraction of sp³-hybridized carbons (Fsp3) is 0.462. The van der Waals surface area contributed by atoms with E-state index < -0.39 is 6.10 Å². The summed E-state index contributed by atoms with van der Waals surface area (Å²) < 4.78 is 9.47. The van der Waals surface area contributed by atoms with Crippen molar-refractivity contribution in [3.05, 3.63) is 34.6 Å². The normalized spacial score (nSPS) is 12.7. The summed E-state index contributed by atoms with van der Waals surface area (Å²) in [6.45, 7) is 5.89. The van der Waals surface area contributed by atoms with Crippen LogP contribution in [0.5, 0.6) is 5.75 Å². The van der Waals surface area contributed by atoms with Crippen LogP contribution in [0.4, 0.5) is 0 Å². The van der Waals surface area contributed by atoms with E-state index in [-0.39, 0.29) is 6.10 Å². The van der Waals surface area contributed by atoms with Crippen LogP contribution in [-0.2, 0) is 6.42 Å². The van der Waals surface area contributed by atoms with E-state index in [9.17, 15) is 5.11 Å². The highest BCUT2D eigenvalue weighted by Gasteiger charge is 2.18. The zero-order valence-corrected chi connectivity index (χ0v) is 12.0. The molecule has 5 nitrogen and oxygen atoms in total. The van der Waals surface area contributed by atoms with Crippen LogP contribution in [0, 0.1) is 0 Å². The lowest BCUT2D eigenvalue weighted by molar-refractivity contribution is 0.217. The number of aromatic nitrogens is 3. The molecule has 0 saturated heterocycles. The van der Waals surface area contributed by atoms with Crippen LogP contribution < -0.4 is 4.74 Å². The molecule has 2 aromatic rings. The smallest absolute Gasteiger partial charge is 0.138 e. The largest absolute Gasteiger partial charge is 0.489 e. The Morgan fingerprint density at radius 2 is 2.16 bits per heavy atom. The lowest BCUT2D eigenvalue weighted by Gasteiger charge is -2.13. The summed E-state index contributed by atoms with van der Waals surface area (Å²) >= 11 is 1.22. The van der Waals surface area contributed by atoms with Gasteiger partial charge in [-0.2, -0.15) is 0 Å². The minimum absolute atomic E-state index is 0.0745. The number of nitrogens with zero attached hydrogens (tertiary/aromatic N) is 3.